The Bertz CT molecular complexity index is 827. The zero-order chi connectivity index (χ0) is 17.8. The summed E-state index contributed by atoms with van der Waals surface area (Å²) in [5.41, 5.74) is 0.834. The third-order valence-electron chi connectivity index (χ3n) is 3.41. The lowest BCUT2D eigenvalue weighted by Gasteiger charge is -2.09. The molecular formula is C17H13BrFNO5. The van der Waals surface area contributed by atoms with Crippen molar-refractivity contribution in [1.82, 2.24) is 5.32 Å². The number of amides is 1. The summed E-state index contributed by atoms with van der Waals surface area (Å²) in [5.74, 6) is -0.504. The van der Waals surface area contributed by atoms with E-state index in [-0.39, 0.29) is 25.5 Å². The minimum absolute atomic E-state index is 0.00585. The molecule has 6 nitrogen and oxygen atoms in total. The third kappa shape index (κ3) is 4.27. The first kappa shape index (κ1) is 17.2. The van der Waals surface area contributed by atoms with E-state index >= 15 is 0 Å². The number of halogens is 2. The number of hydrogen-bond donors (Lipinski definition) is 1. The summed E-state index contributed by atoms with van der Waals surface area (Å²) >= 11 is 3.37. The first-order chi connectivity index (χ1) is 12.0. The molecule has 0 saturated carbocycles. The summed E-state index contributed by atoms with van der Waals surface area (Å²) in [6.45, 7) is -0.166. The van der Waals surface area contributed by atoms with Crippen molar-refractivity contribution in [1.29, 1.82) is 0 Å². The second-order valence-corrected chi connectivity index (χ2v) is 6.00. The minimum atomic E-state index is -0.616. The maximum absolute atomic E-state index is 13.1. The monoisotopic (exact) mass is 409 g/mol. The van der Waals surface area contributed by atoms with Crippen LogP contribution in [0.5, 0.6) is 11.5 Å². The highest BCUT2D eigenvalue weighted by atomic mass is 79.9. The first-order valence-electron chi connectivity index (χ1n) is 7.30. The Balaban J connectivity index is 1.51. The van der Waals surface area contributed by atoms with E-state index in [1.54, 1.807) is 12.1 Å². The lowest BCUT2D eigenvalue weighted by molar-refractivity contribution is -0.143. The van der Waals surface area contributed by atoms with Crippen LogP contribution in [0.25, 0.3) is 0 Å². The Morgan fingerprint density at radius 1 is 1.20 bits per heavy atom. The number of benzene rings is 2. The van der Waals surface area contributed by atoms with Crippen molar-refractivity contribution < 1.29 is 28.2 Å². The van der Waals surface area contributed by atoms with Crippen LogP contribution in [-0.4, -0.2) is 25.2 Å². The van der Waals surface area contributed by atoms with Crippen molar-refractivity contribution in [3.05, 3.63) is 57.8 Å². The summed E-state index contributed by atoms with van der Waals surface area (Å²) in [6.07, 6.45) is 0. The fraction of sp³-hybridized carbons (Fsp3) is 0.176. The van der Waals surface area contributed by atoms with E-state index in [0.29, 0.717) is 21.5 Å². The van der Waals surface area contributed by atoms with Gasteiger partial charge in [-0.25, -0.2) is 4.39 Å². The number of rotatable bonds is 5. The van der Waals surface area contributed by atoms with Gasteiger partial charge in [-0.3, -0.25) is 9.59 Å². The second kappa shape index (κ2) is 7.52. The smallest absolute Gasteiger partial charge is 0.325 e. The van der Waals surface area contributed by atoms with Crippen LogP contribution in [0.2, 0.25) is 0 Å². The summed E-state index contributed by atoms with van der Waals surface area (Å²) in [7, 11) is 0. The van der Waals surface area contributed by atoms with E-state index in [1.807, 2.05) is 0 Å². The molecule has 1 aliphatic rings. The molecule has 1 amide bonds. The van der Waals surface area contributed by atoms with Gasteiger partial charge in [0, 0.05) is 15.6 Å². The average Bonchev–Trinajstić information content (AvgIpc) is 3.04. The van der Waals surface area contributed by atoms with Crippen molar-refractivity contribution in [2.45, 2.75) is 6.61 Å². The number of carbonyl (C=O) groups is 2. The van der Waals surface area contributed by atoms with Crippen molar-refractivity contribution in [2.24, 2.45) is 0 Å². The summed E-state index contributed by atoms with van der Waals surface area (Å²) in [5, 5.41) is 2.38. The molecule has 0 fully saturated rings. The summed E-state index contributed by atoms with van der Waals surface area (Å²) < 4.78 is 29.4. The second-order valence-electron chi connectivity index (χ2n) is 5.15. The maximum Gasteiger partial charge on any atom is 0.325 e. The van der Waals surface area contributed by atoms with Gasteiger partial charge < -0.3 is 19.5 Å². The van der Waals surface area contributed by atoms with Crippen LogP contribution in [0.3, 0.4) is 0 Å². The standard InChI is InChI=1S/C17H13BrFNO5/c18-13-6-15-14(24-9-25-15)5-11(13)8-23-16(21)7-20-17(22)10-2-1-3-12(19)4-10/h1-6H,7-9H2,(H,20,22). The van der Waals surface area contributed by atoms with Crippen molar-refractivity contribution in [3.8, 4) is 11.5 Å². The van der Waals surface area contributed by atoms with Gasteiger partial charge in [0.05, 0.1) is 0 Å². The highest BCUT2D eigenvalue weighted by Gasteiger charge is 2.17. The zero-order valence-corrected chi connectivity index (χ0v) is 14.5. The molecule has 0 saturated heterocycles. The molecule has 25 heavy (non-hydrogen) atoms. The SMILES string of the molecule is O=C(CNC(=O)c1cccc(F)c1)OCc1cc2c(cc1Br)OCO2. The molecule has 130 valence electrons. The number of ether oxygens (including phenoxy) is 3. The normalized spacial score (nSPS) is 11.9. The molecule has 2 aromatic carbocycles. The molecule has 0 spiro atoms. The van der Waals surface area contributed by atoms with Gasteiger partial charge in [0.2, 0.25) is 6.79 Å². The molecule has 1 N–H and O–H groups in total. The summed E-state index contributed by atoms with van der Waals surface area (Å²) in [4.78, 5) is 23.6. The minimum Gasteiger partial charge on any atom is -0.459 e. The lowest BCUT2D eigenvalue weighted by Crippen LogP contribution is -2.30. The topological polar surface area (TPSA) is 73.9 Å². The van der Waals surface area contributed by atoms with Gasteiger partial charge in [-0.2, -0.15) is 0 Å². The Morgan fingerprint density at radius 2 is 1.96 bits per heavy atom. The van der Waals surface area contributed by atoms with Gasteiger partial charge in [0.25, 0.3) is 5.91 Å². The van der Waals surface area contributed by atoms with Crippen LogP contribution in [-0.2, 0) is 16.1 Å². The number of fused-ring (bicyclic) bond motifs is 1. The molecule has 0 bridgehead atoms. The average molecular weight is 410 g/mol. The van der Waals surface area contributed by atoms with Crippen LogP contribution in [0.1, 0.15) is 15.9 Å². The highest BCUT2D eigenvalue weighted by molar-refractivity contribution is 9.10. The van der Waals surface area contributed by atoms with E-state index < -0.39 is 17.7 Å². The lowest BCUT2D eigenvalue weighted by atomic mass is 10.2. The Kier molecular flexibility index (Phi) is 5.18. The Morgan fingerprint density at radius 3 is 2.72 bits per heavy atom. The van der Waals surface area contributed by atoms with Crippen LogP contribution in [0, 0.1) is 5.82 Å². The molecule has 1 aliphatic heterocycles. The predicted octanol–water partition coefficient (Wildman–Crippen LogP) is 2.79. The number of hydrogen-bond acceptors (Lipinski definition) is 5. The van der Waals surface area contributed by atoms with Crippen molar-refractivity contribution in [3.63, 3.8) is 0 Å². The largest absolute Gasteiger partial charge is 0.459 e. The van der Waals surface area contributed by atoms with Crippen LogP contribution < -0.4 is 14.8 Å². The van der Waals surface area contributed by atoms with Gasteiger partial charge in [-0.1, -0.05) is 22.0 Å². The molecule has 2 aromatic rings. The molecule has 0 aromatic heterocycles. The summed E-state index contributed by atoms with van der Waals surface area (Å²) in [6, 6.07) is 8.63. The van der Waals surface area contributed by atoms with E-state index in [2.05, 4.69) is 21.2 Å². The number of esters is 1. The maximum atomic E-state index is 13.1. The number of carbonyl (C=O) groups excluding carboxylic acids is 2. The molecular weight excluding hydrogens is 397 g/mol. The third-order valence-corrected chi connectivity index (χ3v) is 4.15. The van der Waals surface area contributed by atoms with Gasteiger partial charge in [0.1, 0.15) is 19.0 Å². The van der Waals surface area contributed by atoms with E-state index in [1.165, 1.54) is 18.2 Å². The Labute approximate surface area is 151 Å². The quantitative estimate of drug-likeness (QED) is 0.768. The number of nitrogens with one attached hydrogen (secondary N) is 1. The van der Waals surface area contributed by atoms with Crippen LogP contribution in [0.4, 0.5) is 4.39 Å². The van der Waals surface area contributed by atoms with Gasteiger partial charge in [-0.05, 0) is 30.3 Å². The molecule has 8 heteroatoms. The van der Waals surface area contributed by atoms with Gasteiger partial charge in [-0.15, -0.1) is 0 Å². The molecule has 0 radical (unpaired) electrons. The van der Waals surface area contributed by atoms with E-state index in [4.69, 9.17) is 14.2 Å². The Hall–Kier alpha value is -2.61. The van der Waals surface area contributed by atoms with E-state index in [9.17, 15) is 14.0 Å². The van der Waals surface area contributed by atoms with Gasteiger partial charge in [0.15, 0.2) is 11.5 Å². The predicted molar refractivity (Wildman–Crippen MR) is 88.8 cm³/mol. The van der Waals surface area contributed by atoms with Crippen LogP contribution >= 0.6 is 15.9 Å². The first-order valence-corrected chi connectivity index (χ1v) is 8.09. The molecule has 1 heterocycles. The molecule has 0 atom stereocenters. The van der Waals surface area contributed by atoms with E-state index in [0.717, 1.165) is 6.07 Å². The molecule has 0 unspecified atom stereocenters. The zero-order valence-electron chi connectivity index (χ0n) is 12.9. The van der Waals surface area contributed by atoms with Crippen LogP contribution in [0.15, 0.2) is 40.9 Å². The highest BCUT2D eigenvalue weighted by Crippen LogP contribution is 2.37. The molecule has 3 rings (SSSR count). The van der Waals surface area contributed by atoms with Crippen molar-refractivity contribution >= 4 is 27.8 Å². The van der Waals surface area contributed by atoms with Crippen molar-refractivity contribution in [2.75, 3.05) is 13.3 Å². The fourth-order valence-electron chi connectivity index (χ4n) is 2.16. The fourth-order valence-corrected chi connectivity index (χ4v) is 2.60. The molecule has 0 aliphatic carbocycles. The van der Waals surface area contributed by atoms with Gasteiger partial charge >= 0.3 is 5.97 Å².